The van der Waals surface area contributed by atoms with Crippen LogP contribution < -0.4 is 15.4 Å². The van der Waals surface area contributed by atoms with E-state index in [1.54, 1.807) is 6.92 Å². The lowest BCUT2D eigenvalue weighted by molar-refractivity contribution is -0.130. The van der Waals surface area contributed by atoms with Gasteiger partial charge in [0.05, 0.1) is 28.3 Å². The fourth-order valence-electron chi connectivity index (χ4n) is 5.75. The smallest absolute Gasteiger partial charge is 0.277 e. The molecule has 1 saturated heterocycles. The predicted octanol–water partition coefficient (Wildman–Crippen LogP) is 4.21. The number of pyridine rings is 1. The summed E-state index contributed by atoms with van der Waals surface area (Å²) in [6.45, 7) is 1.93. The Labute approximate surface area is 231 Å². The molecule has 2 fully saturated rings. The molecule has 3 aliphatic rings. The second kappa shape index (κ2) is 8.81. The number of phenolic OH excluding ortho intramolecular Hbond substituents is 1. The maximum atomic E-state index is 16.7. The number of anilines is 2. The number of piperazine rings is 1. The van der Waals surface area contributed by atoms with Gasteiger partial charge in [-0.2, -0.15) is 0 Å². The first-order chi connectivity index (χ1) is 19.8. The summed E-state index contributed by atoms with van der Waals surface area (Å²) in [5.41, 5.74) is -2.56. The summed E-state index contributed by atoms with van der Waals surface area (Å²) in [5.74, 6) is -3.95. The monoisotopic (exact) mass is 557 g/mol. The quantitative estimate of drug-likeness (QED) is 0.488. The Morgan fingerprint density at radius 2 is 1.95 bits per heavy atom. The van der Waals surface area contributed by atoms with E-state index in [0.717, 1.165) is 16.7 Å². The Kier molecular flexibility index (Phi) is 4.96. The van der Waals surface area contributed by atoms with Crippen molar-refractivity contribution in [2.24, 2.45) is 0 Å². The van der Waals surface area contributed by atoms with Crippen molar-refractivity contribution in [1.29, 1.82) is 0 Å². The topological polar surface area (TPSA) is 86.1 Å². The Balaban J connectivity index is 1.73. The van der Waals surface area contributed by atoms with Gasteiger partial charge in [0.2, 0.25) is 5.91 Å². The van der Waals surface area contributed by atoms with E-state index in [-0.39, 0.29) is 34.7 Å². The summed E-state index contributed by atoms with van der Waals surface area (Å²) in [4.78, 5) is 43.9. The van der Waals surface area contributed by atoms with Crippen LogP contribution in [0.3, 0.4) is 0 Å². The van der Waals surface area contributed by atoms with E-state index in [4.69, 9.17) is 15.7 Å². The van der Waals surface area contributed by atoms with Crippen molar-refractivity contribution in [2.75, 3.05) is 29.9 Å². The van der Waals surface area contributed by atoms with E-state index in [2.05, 4.69) is 6.58 Å². The van der Waals surface area contributed by atoms with Gasteiger partial charge in [-0.1, -0.05) is 24.2 Å². The molecule has 2 aliphatic heterocycles. The number of hydrogen-bond donors (Lipinski definition) is 1. The Morgan fingerprint density at radius 1 is 1.21 bits per heavy atom. The summed E-state index contributed by atoms with van der Waals surface area (Å²) in [7, 11) is 0. The summed E-state index contributed by atoms with van der Waals surface area (Å²) in [6.07, 6.45) is 2.06. The Hall–Kier alpha value is -3.92. The van der Waals surface area contributed by atoms with Gasteiger partial charge in [-0.25, -0.2) is 8.78 Å². The number of fused-ring (bicyclic) bond motifs is 5. The van der Waals surface area contributed by atoms with E-state index >= 15 is 4.39 Å². The molecule has 0 radical (unpaired) electrons. The van der Waals surface area contributed by atoms with Crippen molar-refractivity contribution in [3.63, 3.8) is 0 Å². The van der Waals surface area contributed by atoms with Gasteiger partial charge >= 0.3 is 0 Å². The Morgan fingerprint density at radius 3 is 2.59 bits per heavy atom. The summed E-state index contributed by atoms with van der Waals surface area (Å²) in [5, 5.41) is 10.2. The highest BCUT2D eigenvalue weighted by molar-refractivity contribution is 6.35. The molecule has 2 aromatic carbocycles. The summed E-state index contributed by atoms with van der Waals surface area (Å²) < 4.78 is 57.3. The molecule has 1 saturated carbocycles. The van der Waals surface area contributed by atoms with Crippen molar-refractivity contribution in [1.82, 2.24) is 9.47 Å². The third-order valence-corrected chi connectivity index (χ3v) is 8.00. The van der Waals surface area contributed by atoms with Gasteiger partial charge < -0.3 is 24.4 Å². The maximum Gasteiger partial charge on any atom is 0.277 e. The fourth-order valence-corrected chi connectivity index (χ4v) is 6.04. The van der Waals surface area contributed by atoms with Gasteiger partial charge in [0.15, 0.2) is 5.82 Å². The zero-order chi connectivity index (χ0) is 30.4. The molecule has 1 aliphatic carbocycles. The summed E-state index contributed by atoms with van der Waals surface area (Å²) in [6, 6.07) is 2.54. The zero-order valence-electron chi connectivity index (χ0n) is 23.7. The fraction of sp³-hybridized carbons (Fsp3) is 0.321. The van der Waals surface area contributed by atoms with Gasteiger partial charge in [0.25, 0.3) is 11.5 Å². The first kappa shape index (κ1) is 22.0. The standard InChI is InChI=1S/C28H25ClF2N4O4/c1-4-20(37)33-12-18-27(38)32(3)26-25(34(18)11-13(33)2)15-10-16(29)21(22-17(30)6-5-7-19(22)36)23(31)24(15)35(28(26)39)14-8-9-14/h4-7,10,13-14,18,36H,1,8-9,11-12H2,2-3H3/t13-,18-/m1/s1/i3D3. The molecule has 1 N–H and O–H groups in total. The van der Waals surface area contributed by atoms with Gasteiger partial charge in [0, 0.05) is 40.7 Å². The third-order valence-electron chi connectivity index (χ3n) is 7.70. The molecule has 0 unspecified atom stereocenters. The molecule has 2 amide bonds. The van der Waals surface area contributed by atoms with Crippen LogP contribution in [0.1, 0.15) is 29.9 Å². The average molecular weight is 558 g/mol. The summed E-state index contributed by atoms with van der Waals surface area (Å²) >= 11 is 6.58. The van der Waals surface area contributed by atoms with E-state index in [1.807, 2.05) is 0 Å². The van der Waals surface area contributed by atoms with E-state index in [0.29, 0.717) is 17.7 Å². The van der Waals surface area contributed by atoms with Gasteiger partial charge in [-0.3, -0.25) is 14.4 Å². The van der Waals surface area contributed by atoms with Crippen molar-refractivity contribution in [3.05, 3.63) is 63.9 Å². The zero-order valence-corrected chi connectivity index (χ0v) is 21.5. The Bertz CT molecular complexity index is 1750. The molecule has 8 nitrogen and oxygen atoms in total. The molecular formula is C28H25ClF2N4O4. The number of amides is 2. The molecule has 202 valence electrons. The van der Waals surface area contributed by atoms with Gasteiger partial charge in [-0.15, -0.1) is 0 Å². The van der Waals surface area contributed by atoms with Crippen LogP contribution in [0.25, 0.3) is 22.0 Å². The van der Waals surface area contributed by atoms with Crippen LogP contribution in [0.15, 0.2) is 41.7 Å². The molecule has 2 atom stereocenters. The second-order valence-electron chi connectivity index (χ2n) is 10.1. The van der Waals surface area contributed by atoms with E-state index < -0.39 is 76.7 Å². The van der Waals surface area contributed by atoms with Crippen LogP contribution in [0, 0.1) is 11.6 Å². The number of aromatic nitrogens is 1. The van der Waals surface area contributed by atoms with Crippen LogP contribution in [0.5, 0.6) is 5.75 Å². The number of phenols is 1. The molecular weight excluding hydrogens is 530 g/mol. The number of carbonyl (C=O) groups excluding carboxylic acids is 2. The van der Waals surface area contributed by atoms with Crippen molar-refractivity contribution in [2.45, 2.75) is 37.9 Å². The molecule has 1 aromatic heterocycles. The minimum absolute atomic E-state index is 0.00883. The molecule has 0 bridgehead atoms. The normalized spacial score (nSPS) is 22.2. The number of rotatable bonds is 3. The van der Waals surface area contributed by atoms with E-state index in [1.165, 1.54) is 28.0 Å². The molecule has 11 heteroatoms. The first-order valence-corrected chi connectivity index (χ1v) is 12.8. The largest absolute Gasteiger partial charge is 0.507 e. The number of halogens is 3. The SMILES string of the molecule is [2H]C([2H])([2H])N1C(=O)[C@H]2CN(C(=O)C=C)[C@H](C)CN2c2c1c(=O)n(C1CC1)c1c(F)c(-c3c(O)cccc3F)c(Cl)cc21. The molecule has 3 heterocycles. The number of benzene rings is 2. The van der Waals surface area contributed by atoms with Crippen LogP contribution in [0.4, 0.5) is 20.2 Å². The number of nitrogens with zero attached hydrogens (tertiary/aromatic N) is 4. The lowest BCUT2D eigenvalue weighted by Gasteiger charge is -2.50. The predicted molar refractivity (Wildman–Crippen MR) is 144 cm³/mol. The van der Waals surface area contributed by atoms with Crippen LogP contribution >= 0.6 is 11.6 Å². The minimum Gasteiger partial charge on any atom is -0.507 e. The lowest BCUT2D eigenvalue weighted by atomic mass is 9.95. The highest BCUT2D eigenvalue weighted by Gasteiger charge is 2.46. The molecule has 3 aromatic rings. The van der Waals surface area contributed by atoms with Gasteiger partial charge in [0.1, 0.15) is 23.3 Å². The molecule has 39 heavy (non-hydrogen) atoms. The number of carbonyl (C=O) groups is 2. The highest BCUT2D eigenvalue weighted by Crippen LogP contribution is 2.49. The number of likely N-dealkylation sites (N-methyl/N-ethyl adjacent to an activating group) is 1. The molecule has 6 rings (SSSR count). The van der Waals surface area contributed by atoms with Crippen molar-refractivity contribution < 1.29 is 27.6 Å². The highest BCUT2D eigenvalue weighted by atomic mass is 35.5. The van der Waals surface area contributed by atoms with Crippen molar-refractivity contribution in [3.8, 4) is 16.9 Å². The maximum absolute atomic E-state index is 16.7. The third kappa shape index (κ3) is 3.57. The first-order valence-electron chi connectivity index (χ1n) is 13.9. The van der Waals surface area contributed by atoms with Crippen LogP contribution in [0.2, 0.25) is 5.02 Å². The van der Waals surface area contributed by atoms with E-state index in [9.17, 15) is 23.9 Å². The average Bonchev–Trinajstić information content (AvgIpc) is 3.75. The minimum atomic E-state index is -3.09. The number of aromatic hydroxyl groups is 1. The van der Waals surface area contributed by atoms with Crippen LogP contribution in [-0.2, 0) is 9.59 Å². The molecule has 0 spiro atoms. The van der Waals surface area contributed by atoms with Crippen molar-refractivity contribution >= 4 is 45.7 Å². The second-order valence-corrected chi connectivity index (χ2v) is 10.5. The van der Waals surface area contributed by atoms with Crippen LogP contribution in [-0.4, -0.2) is 58.5 Å². The number of hydrogen-bond acceptors (Lipinski definition) is 5. The lowest BCUT2D eigenvalue weighted by Crippen LogP contribution is -2.66. The van der Waals surface area contributed by atoms with Gasteiger partial charge in [-0.05, 0) is 44.0 Å².